The first-order valence-electron chi connectivity index (χ1n) is 9.92. The van der Waals surface area contributed by atoms with E-state index in [1.54, 1.807) is 0 Å². The van der Waals surface area contributed by atoms with Crippen molar-refractivity contribution in [3.8, 4) is 17.4 Å². The fourth-order valence-corrected chi connectivity index (χ4v) is 4.27. The third kappa shape index (κ3) is 5.92. The van der Waals surface area contributed by atoms with Crippen molar-refractivity contribution in [3.05, 3.63) is 35.4 Å². The molecular weight excluding hydrogens is 530 g/mol. The fourth-order valence-electron chi connectivity index (χ4n) is 3.05. The number of rotatable bonds is 12. The molecule has 18 heteroatoms. The number of hydrogen-bond acceptors (Lipinski definition) is 12. The van der Waals surface area contributed by atoms with Gasteiger partial charge in [0, 0.05) is 19.5 Å². The summed E-state index contributed by atoms with van der Waals surface area (Å²) in [6.07, 6.45) is 2.61. The van der Waals surface area contributed by atoms with Crippen LogP contribution in [0.1, 0.15) is 24.7 Å². The first-order valence-corrected chi connectivity index (χ1v) is 11.8. The lowest BCUT2D eigenvalue weighted by atomic mass is 10.2. The third-order valence-electron chi connectivity index (χ3n) is 4.73. The number of nitrogens with zero attached hydrogens (tertiary/aromatic N) is 7. The molecule has 1 N–H and O–H groups in total. The van der Waals surface area contributed by atoms with Crippen molar-refractivity contribution in [2.75, 3.05) is 26.1 Å². The Labute approximate surface area is 209 Å². The lowest BCUT2D eigenvalue weighted by Crippen LogP contribution is -2.33. The van der Waals surface area contributed by atoms with E-state index in [0.717, 1.165) is 10.9 Å². The number of nitrogens with one attached hydrogen (secondary N) is 1. The number of halogens is 3. The number of methoxy groups -OCH3 is 3. The van der Waals surface area contributed by atoms with Crippen molar-refractivity contribution in [1.29, 1.82) is 0 Å². The van der Waals surface area contributed by atoms with Crippen LogP contribution in [-0.4, -0.2) is 76.3 Å². The van der Waals surface area contributed by atoms with E-state index in [0.29, 0.717) is 0 Å². The molecule has 0 spiro atoms. The maximum Gasteiger partial charge on any atom is 0.345 e. The van der Waals surface area contributed by atoms with Gasteiger partial charge in [-0.1, -0.05) is 11.6 Å². The molecule has 3 aromatic heterocycles. The van der Waals surface area contributed by atoms with Gasteiger partial charge in [0.05, 0.1) is 19.2 Å². The molecule has 14 nitrogen and oxygen atoms in total. The Balaban J connectivity index is 2.06. The van der Waals surface area contributed by atoms with Gasteiger partial charge in [-0.2, -0.15) is 18.7 Å². The molecule has 0 aromatic carbocycles. The second kappa shape index (κ2) is 11.6. The first-order chi connectivity index (χ1) is 17.1. The van der Waals surface area contributed by atoms with Crippen LogP contribution in [0.5, 0.6) is 11.8 Å². The Morgan fingerprint density at radius 2 is 1.67 bits per heavy atom. The van der Waals surface area contributed by atoms with Crippen LogP contribution in [0.3, 0.4) is 0 Å². The Kier molecular flexibility index (Phi) is 8.83. The highest BCUT2D eigenvalue weighted by Gasteiger charge is 2.35. The average Bonchev–Trinajstić information content (AvgIpc) is 3.24. The molecule has 0 radical (unpaired) electrons. The zero-order valence-electron chi connectivity index (χ0n) is 19.3. The number of sulfonamides is 1. The van der Waals surface area contributed by atoms with Gasteiger partial charge in [0.1, 0.15) is 24.3 Å². The fraction of sp³-hybridized carbons (Fsp3) is 0.444. The highest BCUT2D eigenvalue weighted by Crippen LogP contribution is 2.33. The third-order valence-corrected chi connectivity index (χ3v) is 6.62. The Hall–Kier alpha value is -3.28. The second-order valence-corrected chi connectivity index (χ2v) is 9.33. The number of hydrogen-bond donors (Lipinski definition) is 1. The van der Waals surface area contributed by atoms with Crippen molar-refractivity contribution < 1.29 is 36.1 Å². The molecule has 0 aliphatic carbocycles. The largest absolute Gasteiger partial charge is 0.479 e. The normalized spacial score (nSPS) is 13.4. The molecule has 0 bridgehead atoms. The molecule has 3 rings (SSSR count). The smallest absolute Gasteiger partial charge is 0.345 e. The van der Waals surface area contributed by atoms with Gasteiger partial charge in [-0.15, -0.1) is 10.2 Å². The van der Waals surface area contributed by atoms with Crippen LogP contribution in [0.4, 0.5) is 14.7 Å². The zero-order chi connectivity index (χ0) is 26.5. The molecule has 3 aromatic rings. The van der Waals surface area contributed by atoms with E-state index in [9.17, 15) is 17.2 Å². The summed E-state index contributed by atoms with van der Waals surface area (Å²) in [6.45, 7) is -2.53. The molecule has 196 valence electrons. The number of anilines is 1. The van der Waals surface area contributed by atoms with E-state index in [4.69, 9.17) is 25.8 Å². The quantitative estimate of drug-likeness (QED) is 0.348. The van der Waals surface area contributed by atoms with Crippen molar-refractivity contribution >= 4 is 27.6 Å². The van der Waals surface area contributed by atoms with E-state index in [2.05, 4.69) is 39.6 Å². The first kappa shape index (κ1) is 27.3. The van der Waals surface area contributed by atoms with Crippen LogP contribution in [0, 0.1) is 0 Å². The van der Waals surface area contributed by atoms with Crippen molar-refractivity contribution in [3.63, 3.8) is 0 Å². The molecule has 0 saturated carbocycles. The summed E-state index contributed by atoms with van der Waals surface area (Å²) in [5.41, 5.74) is -0.0601. The standard InChI is InChI=1S/C18H21ClF2N8O6S/c1-9(13(32-2)14-22-5-10(19)6-23-14)36(30,31)28-18-27-26-11(7-35-17(20)21)29(18)12-15(33-3)24-8-25-16(12)34-4/h5-6,8-9,13,17H,7H2,1-4H3,(H,27,28)/t9-,13-/m0/s1. The summed E-state index contributed by atoms with van der Waals surface area (Å²) in [4.78, 5) is 15.9. The average molecular weight is 551 g/mol. The van der Waals surface area contributed by atoms with E-state index in [-0.39, 0.29) is 34.1 Å². The van der Waals surface area contributed by atoms with Gasteiger partial charge in [0.2, 0.25) is 27.7 Å². The summed E-state index contributed by atoms with van der Waals surface area (Å²) in [5, 5.41) is 6.56. The highest BCUT2D eigenvalue weighted by molar-refractivity contribution is 7.93. The van der Waals surface area contributed by atoms with Gasteiger partial charge < -0.3 is 18.9 Å². The molecule has 0 aliphatic heterocycles. The minimum Gasteiger partial charge on any atom is -0.479 e. The Morgan fingerprint density at radius 1 is 1.06 bits per heavy atom. The van der Waals surface area contributed by atoms with Gasteiger partial charge in [0.15, 0.2) is 17.3 Å². The molecule has 36 heavy (non-hydrogen) atoms. The van der Waals surface area contributed by atoms with Crippen LogP contribution in [-0.2, 0) is 26.1 Å². The van der Waals surface area contributed by atoms with E-state index < -0.39 is 40.5 Å². The van der Waals surface area contributed by atoms with Crippen molar-refractivity contribution in [2.45, 2.75) is 31.5 Å². The Morgan fingerprint density at radius 3 is 2.19 bits per heavy atom. The highest BCUT2D eigenvalue weighted by atomic mass is 35.5. The van der Waals surface area contributed by atoms with Crippen LogP contribution < -0.4 is 14.2 Å². The van der Waals surface area contributed by atoms with Crippen LogP contribution in [0.15, 0.2) is 18.7 Å². The van der Waals surface area contributed by atoms with E-state index in [1.807, 2.05) is 0 Å². The molecule has 2 atom stereocenters. The topological polar surface area (TPSA) is 165 Å². The van der Waals surface area contributed by atoms with Crippen molar-refractivity contribution in [1.82, 2.24) is 34.7 Å². The molecular formula is C18H21ClF2N8O6S. The molecule has 0 unspecified atom stereocenters. The number of aromatic nitrogens is 7. The van der Waals surface area contributed by atoms with Gasteiger partial charge >= 0.3 is 6.61 Å². The summed E-state index contributed by atoms with van der Waals surface area (Å²) >= 11 is 5.81. The minimum atomic E-state index is -4.29. The maximum atomic E-state index is 13.3. The zero-order valence-corrected chi connectivity index (χ0v) is 20.9. The second-order valence-electron chi connectivity index (χ2n) is 6.86. The van der Waals surface area contributed by atoms with E-state index in [1.165, 1.54) is 40.6 Å². The molecule has 0 fully saturated rings. The van der Waals surface area contributed by atoms with Crippen LogP contribution in [0.2, 0.25) is 5.02 Å². The maximum absolute atomic E-state index is 13.3. The van der Waals surface area contributed by atoms with Gasteiger partial charge in [-0.05, 0) is 6.92 Å². The monoisotopic (exact) mass is 550 g/mol. The van der Waals surface area contributed by atoms with Gasteiger partial charge in [0.25, 0.3) is 0 Å². The van der Waals surface area contributed by atoms with Gasteiger partial charge in [-0.3, -0.25) is 9.29 Å². The van der Waals surface area contributed by atoms with Gasteiger partial charge in [-0.25, -0.2) is 18.4 Å². The lowest BCUT2D eigenvalue weighted by Gasteiger charge is -2.22. The SMILES string of the molecule is COc1ncnc(OC)c1-n1c(COC(F)F)nnc1NS(=O)(=O)[C@@H](C)[C@H](OC)c1ncc(Cl)cn1. The molecule has 0 aliphatic rings. The summed E-state index contributed by atoms with van der Waals surface area (Å²) < 4.78 is 75.5. The predicted molar refractivity (Wildman–Crippen MR) is 120 cm³/mol. The molecule has 0 saturated heterocycles. The molecule has 3 heterocycles. The minimum absolute atomic E-state index is 0.0601. The number of ether oxygens (including phenoxy) is 4. The van der Waals surface area contributed by atoms with Crippen molar-refractivity contribution in [2.24, 2.45) is 0 Å². The van der Waals surface area contributed by atoms with E-state index >= 15 is 0 Å². The lowest BCUT2D eigenvalue weighted by molar-refractivity contribution is -0.139. The summed E-state index contributed by atoms with van der Waals surface area (Å²) in [5.74, 6) is -0.744. The summed E-state index contributed by atoms with van der Waals surface area (Å²) in [6, 6.07) is 0. The molecule has 0 amide bonds. The predicted octanol–water partition coefficient (Wildman–Crippen LogP) is 1.77. The summed E-state index contributed by atoms with van der Waals surface area (Å²) in [7, 11) is -0.440. The number of alkyl halides is 2. The Bertz CT molecular complexity index is 1260. The van der Waals surface area contributed by atoms with Crippen LogP contribution in [0.25, 0.3) is 5.69 Å². The van der Waals surface area contributed by atoms with Crippen LogP contribution >= 0.6 is 11.6 Å².